The van der Waals surface area contributed by atoms with Gasteiger partial charge in [0.25, 0.3) is 0 Å². The molecule has 4 heteroatoms. The highest BCUT2D eigenvalue weighted by Crippen LogP contribution is 2.10. The first kappa shape index (κ1) is 8.20. The van der Waals surface area contributed by atoms with Crippen LogP contribution in [0.5, 0.6) is 0 Å². The van der Waals surface area contributed by atoms with E-state index in [2.05, 4.69) is 4.37 Å². The molecule has 0 aliphatic rings. The van der Waals surface area contributed by atoms with Gasteiger partial charge in [0.05, 0.1) is 12.1 Å². The maximum Gasteiger partial charge on any atom is 0.303 e. The lowest BCUT2D eigenvalue weighted by Gasteiger charge is -1.88. The number of hydrogen-bond acceptors (Lipinski definition) is 3. The van der Waals surface area contributed by atoms with Crippen molar-refractivity contribution in [3.8, 4) is 0 Å². The van der Waals surface area contributed by atoms with E-state index in [1.165, 1.54) is 11.5 Å². The first-order chi connectivity index (χ1) is 5.18. The van der Waals surface area contributed by atoms with Gasteiger partial charge in [0.1, 0.15) is 0 Å². The van der Waals surface area contributed by atoms with E-state index in [1.807, 2.05) is 13.0 Å². The number of carbonyl (C=O) groups is 1. The molecule has 0 unspecified atom stereocenters. The minimum Gasteiger partial charge on any atom is -0.481 e. The van der Waals surface area contributed by atoms with Gasteiger partial charge in [-0.1, -0.05) is 0 Å². The molecule has 0 spiro atoms. The molecule has 1 rings (SSSR count). The fourth-order valence-electron chi connectivity index (χ4n) is 0.764. The fraction of sp³-hybridized carbons (Fsp3) is 0.429. The number of nitrogens with zero attached hydrogens (tertiary/aromatic N) is 1. The Hall–Kier alpha value is -0.900. The van der Waals surface area contributed by atoms with Crippen LogP contribution in [0.1, 0.15) is 17.0 Å². The lowest BCUT2D eigenvalue weighted by atomic mass is 10.2. The van der Waals surface area contributed by atoms with Crippen LogP contribution in [0.3, 0.4) is 0 Å². The molecule has 0 radical (unpaired) electrons. The molecule has 0 atom stereocenters. The molecule has 0 aliphatic heterocycles. The van der Waals surface area contributed by atoms with Crippen LogP contribution in [0.15, 0.2) is 6.07 Å². The highest BCUT2D eigenvalue weighted by Gasteiger charge is 2.01. The zero-order valence-corrected chi connectivity index (χ0v) is 7.02. The van der Waals surface area contributed by atoms with Crippen molar-refractivity contribution < 1.29 is 9.90 Å². The lowest BCUT2D eigenvalue weighted by molar-refractivity contribution is -0.136. The number of aryl methyl sites for hydroxylation is 2. The van der Waals surface area contributed by atoms with Crippen molar-refractivity contribution in [3.63, 3.8) is 0 Å². The van der Waals surface area contributed by atoms with E-state index in [0.717, 1.165) is 10.6 Å². The minimum atomic E-state index is -0.754. The van der Waals surface area contributed by atoms with E-state index in [1.54, 1.807) is 0 Å². The third-order valence-corrected chi connectivity index (χ3v) is 2.20. The van der Waals surface area contributed by atoms with E-state index < -0.39 is 5.97 Å². The van der Waals surface area contributed by atoms with Crippen LogP contribution in [0.4, 0.5) is 0 Å². The number of rotatable bonds is 3. The van der Waals surface area contributed by atoms with Crippen molar-refractivity contribution >= 4 is 17.5 Å². The predicted molar refractivity (Wildman–Crippen MR) is 42.8 cm³/mol. The molecule has 0 bridgehead atoms. The van der Waals surface area contributed by atoms with Gasteiger partial charge in [0.2, 0.25) is 0 Å². The van der Waals surface area contributed by atoms with E-state index in [0.29, 0.717) is 6.42 Å². The average molecular weight is 171 g/mol. The van der Waals surface area contributed by atoms with E-state index in [9.17, 15) is 4.79 Å². The van der Waals surface area contributed by atoms with E-state index in [4.69, 9.17) is 5.11 Å². The normalized spacial score (nSPS) is 9.91. The number of hydrogen-bond donors (Lipinski definition) is 1. The second kappa shape index (κ2) is 3.48. The van der Waals surface area contributed by atoms with Gasteiger partial charge < -0.3 is 5.11 Å². The van der Waals surface area contributed by atoms with Gasteiger partial charge in [0.15, 0.2) is 0 Å². The summed E-state index contributed by atoms with van der Waals surface area (Å²) < 4.78 is 4.04. The van der Waals surface area contributed by atoms with E-state index >= 15 is 0 Å². The molecule has 0 aliphatic carbocycles. The van der Waals surface area contributed by atoms with Gasteiger partial charge in [-0.3, -0.25) is 4.79 Å². The molecule has 0 amide bonds. The molecular formula is C7H9NO2S. The van der Waals surface area contributed by atoms with Gasteiger partial charge in [-0.2, -0.15) is 4.37 Å². The Morgan fingerprint density at radius 1 is 1.82 bits per heavy atom. The smallest absolute Gasteiger partial charge is 0.303 e. The van der Waals surface area contributed by atoms with E-state index in [-0.39, 0.29) is 6.42 Å². The zero-order valence-electron chi connectivity index (χ0n) is 6.20. The van der Waals surface area contributed by atoms with Crippen LogP contribution < -0.4 is 0 Å². The summed E-state index contributed by atoms with van der Waals surface area (Å²) in [5, 5.41) is 8.37. The van der Waals surface area contributed by atoms with Gasteiger partial charge in [-0.25, -0.2) is 0 Å². The van der Waals surface area contributed by atoms with Crippen LogP contribution in [-0.2, 0) is 11.2 Å². The maximum absolute atomic E-state index is 10.2. The van der Waals surface area contributed by atoms with Crippen LogP contribution >= 0.6 is 11.5 Å². The summed E-state index contributed by atoms with van der Waals surface area (Å²) >= 11 is 1.38. The summed E-state index contributed by atoms with van der Waals surface area (Å²) in [7, 11) is 0. The number of aromatic nitrogens is 1. The first-order valence-electron chi connectivity index (χ1n) is 3.32. The summed E-state index contributed by atoms with van der Waals surface area (Å²) in [5.74, 6) is -0.754. The summed E-state index contributed by atoms with van der Waals surface area (Å²) in [6.07, 6.45) is 0.794. The number of carboxylic acids is 1. The highest BCUT2D eigenvalue weighted by molar-refractivity contribution is 7.05. The Morgan fingerprint density at radius 3 is 3.00 bits per heavy atom. The molecule has 0 saturated heterocycles. The monoisotopic (exact) mass is 171 g/mol. The molecule has 60 valence electrons. The third kappa shape index (κ3) is 2.67. The summed E-state index contributed by atoms with van der Waals surface area (Å²) in [5.41, 5.74) is 0.968. The molecular weight excluding hydrogens is 162 g/mol. The quantitative estimate of drug-likeness (QED) is 0.749. The average Bonchev–Trinajstić information content (AvgIpc) is 2.31. The van der Waals surface area contributed by atoms with Crippen LogP contribution in [0.2, 0.25) is 0 Å². The largest absolute Gasteiger partial charge is 0.481 e. The zero-order chi connectivity index (χ0) is 8.27. The second-order valence-electron chi connectivity index (χ2n) is 2.33. The summed E-state index contributed by atoms with van der Waals surface area (Å²) in [6.45, 7) is 1.90. The Kier molecular flexibility index (Phi) is 2.59. The second-order valence-corrected chi connectivity index (χ2v) is 3.22. The van der Waals surface area contributed by atoms with Crippen molar-refractivity contribution in [1.82, 2.24) is 4.37 Å². The van der Waals surface area contributed by atoms with Gasteiger partial charge in [-0.15, -0.1) is 0 Å². The van der Waals surface area contributed by atoms with Crippen LogP contribution in [0.25, 0.3) is 0 Å². The predicted octanol–water partition coefficient (Wildman–Crippen LogP) is 1.47. The molecule has 1 aromatic heterocycles. The van der Waals surface area contributed by atoms with Crippen LogP contribution in [-0.4, -0.2) is 15.4 Å². The molecule has 11 heavy (non-hydrogen) atoms. The fourth-order valence-corrected chi connectivity index (χ4v) is 1.49. The van der Waals surface area contributed by atoms with Crippen molar-refractivity contribution in [3.05, 3.63) is 16.6 Å². The minimum absolute atomic E-state index is 0.196. The van der Waals surface area contributed by atoms with Crippen molar-refractivity contribution in [2.45, 2.75) is 19.8 Å². The van der Waals surface area contributed by atoms with Crippen LogP contribution in [0, 0.1) is 6.92 Å². The third-order valence-electron chi connectivity index (χ3n) is 1.26. The molecule has 0 saturated carbocycles. The topological polar surface area (TPSA) is 50.2 Å². The van der Waals surface area contributed by atoms with Gasteiger partial charge >= 0.3 is 5.97 Å². The Bertz CT molecular complexity index is 257. The number of carboxylic acid groups (broad SMARTS) is 1. The maximum atomic E-state index is 10.2. The SMILES string of the molecule is Cc1cc(CCC(=O)O)sn1. The lowest BCUT2D eigenvalue weighted by Crippen LogP contribution is -1.95. The van der Waals surface area contributed by atoms with Gasteiger partial charge in [-0.05, 0) is 30.9 Å². The highest BCUT2D eigenvalue weighted by atomic mass is 32.1. The molecule has 1 aromatic rings. The Labute approximate surface area is 68.8 Å². The standard InChI is InChI=1S/C7H9NO2S/c1-5-4-6(11-8-5)2-3-7(9)10/h4H,2-3H2,1H3,(H,9,10). The summed E-state index contributed by atoms with van der Waals surface area (Å²) in [4.78, 5) is 11.2. The summed E-state index contributed by atoms with van der Waals surface area (Å²) in [6, 6.07) is 1.92. The van der Waals surface area contributed by atoms with Crippen molar-refractivity contribution in [1.29, 1.82) is 0 Å². The first-order valence-corrected chi connectivity index (χ1v) is 4.10. The molecule has 0 aromatic carbocycles. The molecule has 3 nitrogen and oxygen atoms in total. The number of aliphatic carboxylic acids is 1. The Morgan fingerprint density at radius 2 is 2.55 bits per heavy atom. The van der Waals surface area contributed by atoms with Crippen molar-refractivity contribution in [2.24, 2.45) is 0 Å². The molecule has 1 N–H and O–H groups in total. The van der Waals surface area contributed by atoms with Crippen molar-refractivity contribution in [2.75, 3.05) is 0 Å². The molecule has 0 fully saturated rings. The Balaban J connectivity index is 2.45. The molecule has 1 heterocycles. The van der Waals surface area contributed by atoms with Gasteiger partial charge in [0, 0.05) is 4.88 Å².